The minimum Gasteiger partial charge on any atom is -0.398 e. The minimum absolute atomic E-state index is 0.0462. The molecule has 1 amide bonds. The summed E-state index contributed by atoms with van der Waals surface area (Å²) in [4.78, 5) is 21.8. The molecule has 2 rings (SSSR count). The summed E-state index contributed by atoms with van der Waals surface area (Å²) in [5, 5.41) is 9.98. The summed E-state index contributed by atoms with van der Waals surface area (Å²) in [5.74, 6) is -0.451. The molecule has 0 unspecified atom stereocenters. The van der Waals surface area contributed by atoms with Crippen LogP contribution >= 0.6 is 0 Å². The molecule has 0 spiro atoms. The third-order valence-corrected chi connectivity index (χ3v) is 3.59. The monoisotopic (exact) mass is 393 g/mol. The molecule has 1 N–H and O–H groups in total. The van der Waals surface area contributed by atoms with Crippen LogP contribution in [-0.4, -0.2) is 32.0 Å². The lowest BCUT2D eigenvalue weighted by Gasteiger charge is -2.08. The Morgan fingerprint density at radius 3 is 2.61 bits per heavy atom. The zero-order valence-corrected chi connectivity index (χ0v) is 15.2. The molecule has 148 valence electrons. The lowest BCUT2D eigenvalue weighted by Crippen LogP contribution is -2.29. The molecule has 2 aromatic carbocycles. The Kier molecular flexibility index (Phi) is 7.14. The standard InChI is InChI=1S/C19H18F3N3O3/c1-23-18(26)17(25-27-2)16-9-4-3-7-14(16)11-24-28-12-13-6-5-8-15(10-13)19(20,21)22/h3-11H,12H2,1-2H3,(H,23,26). The van der Waals surface area contributed by atoms with Gasteiger partial charge in [-0.1, -0.05) is 46.7 Å². The van der Waals surface area contributed by atoms with E-state index in [0.29, 0.717) is 16.7 Å². The van der Waals surface area contributed by atoms with Crippen LogP contribution in [0.3, 0.4) is 0 Å². The first-order valence-corrected chi connectivity index (χ1v) is 8.11. The van der Waals surface area contributed by atoms with E-state index in [0.717, 1.165) is 12.1 Å². The molecule has 0 fully saturated rings. The van der Waals surface area contributed by atoms with Crippen LogP contribution in [0.25, 0.3) is 0 Å². The molecule has 0 atom stereocenters. The summed E-state index contributed by atoms with van der Waals surface area (Å²) in [6, 6.07) is 11.6. The van der Waals surface area contributed by atoms with Gasteiger partial charge in [0.15, 0.2) is 5.71 Å². The van der Waals surface area contributed by atoms with Crippen LogP contribution in [0.5, 0.6) is 0 Å². The van der Waals surface area contributed by atoms with Crippen molar-refractivity contribution >= 4 is 17.8 Å². The second kappa shape index (κ2) is 9.54. The molecular formula is C19H18F3N3O3. The van der Waals surface area contributed by atoms with Crippen molar-refractivity contribution in [2.24, 2.45) is 10.3 Å². The number of carbonyl (C=O) groups excluding carboxylic acids is 1. The third-order valence-electron chi connectivity index (χ3n) is 3.59. The van der Waals surface area contributed by atoms with Gasteiger partial charge < -0.3 is 15.0 Å². The number of likely N-dealkylation sites (N-methyl/N-ethyl adjacent to an activating group) is 1. The molecule has 0 bridgehead atoms. The second-order valence-electron chi connectivity index (χ2n) is 5.49. The topological polar surface area (TPSA) is 72.3 Å². The molecule has 0 aliphatic heterocycles. The van der Waals surface area contributed by atoms with Crippen LogP contribution in [0.2, 0.25) is 0 Å². The zero-order valence-electron chi connectivity index (χ0n) is 15.2. The van der Waals surface area contributed by atoms with Crippen LogP contribution in [0, 0.1) is 0 Å². The van der Waals surface area contributed by atoms with Gasteiger partial charge in [-0.15, -0.1) is 0 Å². The van der Waals surface area contributed by atoms with Crippen LogP contribution < -0.4 is 5.32 Å². The van der Waals surface area contributed by atoms with Crippen LogP contribution in [0.4, 0.5) is 13.2 Å². The van der Waals surface area contributed by atoms with E-state index in [1.165, 1.54) is 32.5 Å². The van der Waals surface area contributed by atoms with Crippen molar-refractivity contribution in [3.63, 3.8) is 0 Å². The number of hydrogen-bond donors (Lipinski definition) is 1. The number of oxime groups is 2. The van der Waals surface area contributed by atoms with Crippen molar-refractivity contribution in [2.45, 2.75) is 12.8 Å². The van der Waals surface area contributed by atoms with Gasteiger partial charge >= 0.3 is 6.18 Å². The Morgan fingerprint density at radius 2 is 1.93 bits per heavy atom. The molecule has 9 heteroatoms. The molecular weight excluding hydrogens is 375 g/mol. The van der Waals surface area contributed by atoms with Crippen molar-refractivity contribution in [1.29, 1.82) is 0 Å². The summed E-state index contributed by atoms with van der Waals surface area (Å²) in [7, 11) is 2.78. The van der Waals surface area contributed by atoms with Gasteiger partial charge in [0.1, 0.15) is 13.7 Å². The molecule has 0 heterocycles. The summed E-state index contributed by atoms with van der Waals surface area (Å²) in [5.41, 5.74) is 0.590. The highest BCUT2D eigenvalue weighted by Gasteiger charge is 2.30. The Balaban J connectivity index is 2.14. The molecule has 0 saturated heterocycles. The van der Waals surface area contributed by atoms with Crippen LogP contribution in [-0.2, 0) is 27.3 Å². The van der Waals surface area contributed by atoms with Crippen molar-refractivity contribution in [3.8, 4) is 0 Å². The number of hydrogen-bond acceptors (Lipinski definition) is 5. The summed E-state index contributed by atoms with van der Waals surface area (Å²) in [6.45, 7) is -0.142. The molecule has 0 aliphatic rings. The molecule has 0 aliphatic carbocycles. The number of amides is 1. The minimum atomic E-state index is -4.42. The quantitative estimate of drug-likeness (QED) is 0.579. The summed E-state index contributed by atoms with van der Waals surface area (Å²) >= 11 is 0. The highest BCUT2D eigenvalue weighted by molar-refractivity contribution is 6.46. The van der Waals surface area contributed by atoms with E-state index in [-0.39, 0.29) is 12.3 Å². The molecule has 0 aromatic heterocycles. The summed E-state index contributed by atoms with van der Waals surface area (Å²) in [6.07, 6.45) is -3.08. The Labute approximate surface area is 159 Å². The van der Waals surface area contributed by atoms with Gasteiger partial charge in [-0.3, -0.25) is 4.79 Å². The fourth-order valence-corrected chi connectivity index (χ4v) is 2.29. The van der Waals surface area contributed by atoms with E-state index in [1.54, 1.807) is 24.3 Å². The van der Waals surface area contributed by atoms with Crippen molar-refractivity contribution < 1.29 is 27.6 Å². The number of carbonyl (C=O) groups is 1. The first-order chi connectivity index (χ1) is 13.4. The Bertz CT molecular complexity index is 880. The van der Waals surface area contributed by atoms with E-state index in [4.69, 9.17) is 9.68 Å². The first-order valence-electron chi connectivity index (χ1n) is 8.11. The predicted octanol–water partition coefficient (Wildman–Crippen LogP) is 3.35. The lowest BCUT2D eigenvalue weighted by atomic mass is 10.0. The first kappa shape index (κ1) is 20.9. The van der Waals surface area contributed by atoms with Gasteiger partial charge in [0.2, 0.25) is 0 Å². The second-order valence-corrected chi connectivity index (χ2v) is 5.49. The number of alkyl halides is 3. The third kappa shape index (κ3) is 5.57. The average molecular weight is 393 g/mol. The maximum absolute atomic E-state index is 12.7. The zero-order chi connectivity index (χ0) is 20.6. The number of nitrogens with one attached hydrogen (secondary N) is 1. The normalized spacial score (nSPS) is 12.1. The van der Waals surface area contributed by atoms with E-state index in [9.17, 15) is 18.0 Å². The smallest absolute Gasteiger partial charge is 0.398 e. The Hall–Kier alpha value is -3.36. The van der Waals surface area contributed by atoms with E-state index >= 15 is 0 Å². The highest BCUT2D eigenvalue weighted by Crippen LogP contribution is 2.29. The number of nitrogens with zero attached hydrogens (tertiary/aromatic N) is 2. The largest absolute Gasteiger partial charge is 0.416 e. The van der Waals surface area contributed by atoms with Gasteiger partial charge in [0.05, 0.1) is 11.8 Å². The van der Waals surface area contributed by atoms with E-state index in [1.807, 2.05) is 0 Å². The number of halogens is 3. The maximum atomic E-state index is 12.7. The maximum Gasteiger partial charge on any atom is 0.416 e. The lowest BCUT2D eigenvalue weighted by molar-refractivity contribution is -0.137. The predicted molar refractivity (Wildman–Crippen MR) is 97.9 cm³/mol. The molecule has 0 radical (unpaired) electrons. The van der Waals surface area contributed by atoms with Gasteiger partial charge in [0, 0.05) is 18.2 Å². The SMILES string of the molecule is CNC(=O)C(=NOC)c1ccccc1C=NOCc1cccc(C(F)(F)F)c1. The van der Waals surface area contributed by atoms with E-state index < -0.39 is 17.6 Å². The Morgan fingerprint density at radius 1 is 1.18 bits per heavy atom. The molecule has 6 nitrogen and oxygen atoms in total. The van der Waals surface area contributed by atoms with E-state index in [2.05, 4.69) is 15.6 Å². The number of benzene rings is 2. The van der Waals surface area contributed by atoms with Crippen molar-refractivity contribution in [3.05, 3.63) is 70.8 Å². The fraction of sp³-hybridized carbons (Fsp3) is 0.211. The fourth-order valence-electron chi connectivity index (χ4n) is 2.29. The molecule has 28 heavy (non-hydrogen) atoms. The highest BCUT2D eigenvalue weighted by atomic mass is 19.4. The number of rotatable bonds is 7. The van der Waals surface area contributed by atoms with Gasteiger partial charge in [0.25, 0.3) is 5.91 Å². The average Bonchev–Trinajstić information content (AvgIpc) is 2.69. The molecule has 2 aromatic rings. The summed E-state index contributed by atoms with van der Waals surface area (Å²) < 4.78 is 38.2. The van der Waals surface area contributed by atoms with Gasteiger partial charge in [-0.25, -0.2) is 0 Å². The molecule has 0 saturated carbocycles. The van der Waals surface area contributed by atoms with Crippen LogP contribution in [0.15, 0.2) is 58.8 Å². The van der Waals surface area contributed by atoms with Crippen molar-refractivity contribution in [2.75, 3.05) is 14.2 Å². The van der Waals surface area contributed by atoms with Gasteiger partial charge in [-0.2, -0.15) is 13.2 Å². The van der Waals surface area contributed by atoms with Crippen molar-refractivity contribution in [1.82, 2.24) is 5.32 Å². The van der Waals surface area contributed by atoms with Gasteiger partial charge in [-0.05, 0) is 17.7 Å². The van der Waals surface area contributed by atoms with Crippen LogP contribution in [0.1, 0.15) is 22.3 Å².